The van der Waals surface area contributed by atoms with Crippen LogP contribution in [0.2, 0.25) is 0 Å². The van der Waals surface area contributed by atoms with Gasteiger partial charge in [-0.05, 0) is 28.7 Å². The Morgan fingerprint density at radius 2 is 1.18 bits per heavy atom. The van der Waals surface area contributed by atoms with Crippen LogP contribution in [0.15, 0.2) is 48.5 Å². The van der Waals surface area contributed by atoms with E-state index in [2.05, 4.69) is 67.7 Å². The van der Waals surface area contributed by atoms with Gasteiger partial charge in [-0.25, -0.2) is 0 Å². The van der Waals surface area contributed by atoms with Crippen LogP contribution in [-0.4, -0.2) is 0 Å². The molecule has 0 aliphatic rings. The normalized spacial score (nSPS) is 10.5. The van der Waals surface area contributed by atoms with Gasteiger partial charge in [0, 0.05) is 11.5 Å². The van der Waals surface area contributed by atoms with Crippen molar-refractivity contribution in [2.24, 2.45) is 0 Å². The van der Waals surface area contributed by atoms with Gasteiger partial charge < -0.3 is 0 Å². The third kappa shape index (κ3) is 3.55. The summed E-state index contributed by atoms with van der Waals surface area (Å²) in [6, 6.07) is 17.2. The lowest BCUT2D eigenvalue weighted by Gasteiger charge is -2.07. The summed E-state index contributed by atoms with van der Waals surface area (Å²) < 4.78 is 0. The summed E-state index contributed by atoms with van der Waals surface area (Å²) in [5, 5.41) is 0. The Labute approximate surface area is 114 Å². The second-order valence-corrected chi connectivity index (χ2v) is 4.77. The average Bonchev–Trinajstić information content (AvgIpc) is 2.39. The van der Waals surface area contributed by atoms with Crippen molar-refractivity contribution in [1.29, 1.82) is 0 Å². The van der Waals surface area contributed by atoms with Crippen LogP contribution in [0, 0.1) is 0 Å². The van der Waals surface area contributed by atoms with E-state index in [1.54, 1.807) is 0 Å². The van der Waals surface area contributed by atoms with Gasteiger partial charge in [-0.1, -0.05) is 48.5 Å². The van der Waals surface area contributed by atoms with Gasteiger partial charge >= 0.3 is 0 Å². The van der Waals surface area contributed by atoms with E-state index in [4.69, 9.17) is 0 Å². The van der Waals surface area contributed by atoms with Crippen molar-refractivity contribution >= 4 is 25.3 Å². The molecule has 0 N–H and O–H groups in total. The number of hydrogen-bond donors (Lipinski definition) is 2. The molecule has 0 radical (unpaired) electrons. The second kappa shape index (κ2) is 6.18. The molecule has 2 aromatic rings. The first-order valence-corrected chi connectivity index (χ1v) is 6.95. The number of rotatable bonds is 4. The lowest BCUT2D eigenvalue weighted by atomic mass is 10.0. The van der Waals surface area contributed by atoms with Gasteiger partial charge in [0.05, 0.1) is 0 Å². The predicted molar refractivity (Wildman–Crippen MR) is 81.1 cm³/mol. The monoisotopic (exact) mass is 260 g/mol. The van der Waals surface area contributed by atoms with Crippen LogP contribution < -0.4 is 0 Å². The highest BCUT2D eigenvalue weighted by Crippen LogP contribution is 2.17. The van der Waals surface area contributed by atoms with Crippen LogP contribution in [-0.2, 0) is 17.9 Å². The molecule has 0 unspecified atom stereocenters. The minimum absolute atomic E-state index is 0.781. The maximum absolute atomic E-state index is 4.34. The fourth-order valence-electron chi connectivity index (χ4n) is 1.96. The first-order valence-electron chi connectivity index (χ1n) is 5.69. The van der Waals surface area contributed by atoms with Crippen LogP contribution in [0.4, 0.5) is 0 Å². The number of benzene rings is 2. The Morgan fingerprint density at radius 3 is 1.71 bits per heavy atom. The zero-order valence-corrected chi connectivity index (χ0v) is 11.4. The van der Waals surface area contributed by atoms with Crippen molar-refractivity contribution in [2.45, 2.75) is 17.9 Å². The van der Waals surface area contributed by atoms with Crippen molar-refractivity contribution < 1.29 is 0 Å². The van der Waals surface area contributed by atoms with Gasteiger partial charge in [-0.15, -0.1) is 0 Å². The van der Waals surface area contributed by atoms with E-state index in [1.165, 1.54) is 22.3 Å². The topological polar surface area (TPSA) is 0 Å². The molecular weight excluding hydrogens is 244 g/mol. The fraction of sp³-hybridized carbons (Fsp3) is 0.200. The molecule has 0 atom stereocenters. The van der Waals surface area contributed by atoms with Crippen LogP contribution in [0.25, 0.3) is 0 Å². The molecule has 2 aromatic carbocycles. The summed E-state index contributed by atoms with van der Waals surface area (Å²) in [5.41, 5.74) is 5.22. The van der Waals surface area contributed by atoms with E-state index >= 15 is 0 Å². The van der Waals surface area contributed by atoms with Gasteiger partial charge in [0.1, 0.15) is 0 Å². The maximum atomic E-state index is 4.34. The first kappa shape index (κ1) is 12.6. The zero-order chi connectivity index (χ0) is 12.1. The van der Waals surface area contributed by atoms with Crippen LogP contribution >= 0.6 is 25.3 Å². The second-order valence-electron chi connectivity index (χ2n) is 4.14. The van der Waals surface area contributed by atoms with Crippen molar-refractivity contribution in [2.75, 3.05) is 0 Å². The summed E-state index contributed by atoms with van der Waals surface area (Å²) in [6.45, 7) is 0. The van der Waals surface area contributed by atoms with Gasteiger partial charge in [0.2, 0.25) is 0 Å². The first-order chi connectivity index (χ1) is 8.31. The van der Waals surface area contributed by atoms with Crippen molar-refractivity contribution in [3.8, 4) is 0 Å². The SMILES string of the molecule is SCc1cc(CS)cc(Cc2ccccc2)c1. The predicted octanol–water partition coefficient (Wildman–Crippen LogP) is 4.14. The Hall–Kier alpha value is -0.860. The lowest BCUT2D eigenvalue weighted by Crippen LogP contribution is -1.92. The molecule has 0 fully saturated rings. The highest BCUT2D eigenvalue weighted by Gasteiger charge is 2.01. The molecule has 2 rings (SSSR count). The van der Waals surface area contributed by atoms with Crippen LogP contribution in [0.5, 0.6) is 0 Å². The van der Waals surface area contributed by atoms with E-state index in [0.29, 0.717) is 0 Å². The summed E-state index contributed by atoms with van der Waals surface area (Å²) in [6.07, 6.45) is 0.975. The van der Waals surface area contributed by atoms with Gasteiger partial charge in [0.15, 0.2) is 0 Å². The Kier molecular flexibility index (Phi) is 4.57. The van der Waals surface area contributed by atoms with E-state index in [-0.39, 0.29) is 0 Å². The summed E-state index contributed by atoms with van der Waals surface area (Å²) in [5.74, 6) is 1.56. The van der Waals surface area contributed by atoms with Gasteiger partial charge in [-0.3, -0.25) is 0 Å². The molecule has 0 nitrogen and oxygen atoms in total. The molecule has 0 aliphatic heterocycles. The molecule has 0 spiro atoms. The minimum atomic E-state index is 0.781. The van der Waals surface area contributed by atoms with Crippen molar-refractivity contribution in [3.05, 3.63) is 70.8 Å². The maximum Gasteiger partial charge on any atom is 0.0154 e. The summed E-state index contributed by atoms with van der Waals surface area (Å²) in [4.78, 5) is 0. The van der Waals surface area contributed by atoms with Gasteiger partial charge in [-0.2, -0.15) is 25.3 Å². The van der Waals surface area contributed by atoms with E-state index < -0.39 is 0 Å². The van der Waals surface area contributed by atoms with E-state index in [9.17, 15) is 0 Å². The smallest absolute Gasteiger partial charge is 0.0154 e. The van der Waals surface area contributed by atoms with Crippen molar-refractivity contribution in [3.63, 3.8) is 0 Å². The zero-order valence-electron chi connectivity index (χ0n) is 9.63. The number of hydrogen-bond acceptors (Lipinski definition) is 2. The average molecular weight is 260 g/mol. The molecule has 88 valence electrons. The molecule has 17 heavy (non-hydrogen) atoms. The lowest BCUT2D eigenvalue weighted by molar-refractivity contribution is 1.16. The quantitative estimate of drug-likeness (QED) is 0.759. The highest BCUT2D eigenvalue weighted by molar-refractivity contribution is 7.79. The molecule has 0 aliphatic carbocycles. The van der Waals surface area contributed by atoms with Crippen LogP contribution in [0.3, 0.4) is 0 Å². The molecule has 0 heterocycles. The largest absolute Gasteiger partial charge is 0.175 e. The highest BCUT2D eigenvalue weighted by atomic mass is 32.1. The molecule has 0 amide bonds. The molecule has 0 bridgehead atoms. The summed E-state index contributed by atoms with van der Waals surface area (Å²) >= 11 is 8.69. The Balaban J connectivity index is 2.26. The van der Waals surface area contributed by atoms with Crippen molar-refractivity contribution in [1.82, 2.24) is 0 Å². The molecule has 2 heteroatoms. The minimum Gasteiger partial charge on any atom is -0.175 e. The standard InChI is InChI=1S/C15H16S2/c16-10-14-7-13(8-15(9-14)11-17)6-12-4-2-1-3-5-12/h1-5,7-9,16-17H,6,10-11H2. The molecule has 0 aromatic heterocycles. The molecule has 0 saturated heterocycles. The van der Waals surface area contributed by atoms with Crippen LogP contribution in [0.1, 0.15) is 22.3 Å². The Morgan fingerprint density at radius 1 is 0.647 bits per heavy atom. The third-order valence-corrected chi connectivity index (χ3v) is 3.46. The molecule has 0 saturated carbocycles. The number of thiol groups is 2. The van der Waals surface area contributed by atoms with Gasteiger partial charge in [0.25, 0.3) is 0 Å². The summed E-state index contributed by atoms with van der Waals surface area (Å²) in [7, 11) is 0. The molecular formula is C15H16S2. The fourth-order valence-corrected chi connectivity index (χ4v) is 2.32. The Bertz CT molecular complexity index is 455. The van der Waals surface area contributed by atoms with E-state index in [1.807, 2.05) is 6.07 Å². The third-order valence-electron chi connectivity index (χ3n) is 2.73. The van der Waals surface area contributed by atoms with E-state index in [0.717, 1.165) is 17.9 Å².